The number of imidazole rings is 1. The maximum Gasteiger partial charge on any atom is 0.271 e. The van der Waals surface area contributed by atoms with Crippen LogP contribution in [0.3, 0.4) is 0 Å². The van der Waals surface area contributed by atoms with Crippen LogP contribution < -0.4 is 5.32 Å². The summed E-state index contributed by atoms with van der Waals surface area (Å²) in [5, 5.41) is 3.02. The van der Waals surface area contributed by atoms with Crippen molar-refractivity contribution in [1.29, 1.82) is 0 Å². The molecule has 25 heavy (non-hydrogen) atoms. The lowest BCUT2D eigenvalue weighted by molar-refractivity contribution is 0.0945. The van der Waals surface area contributed by atoms with Crippen molar-refractivity contribution in [2.45, 2.75) is 38.1 Å². The highest BCUT2D eigenvalue weighted by Gasteiger charge is 2.23. The Morgan fingerprint density at radius 2 is 2.00 bits per heavy atom. The third-order valence-corrected chi connectivity index (χ3v) is 5.41. The van der Waals surface area contributed by atoms with Crippen LogP contribution in [0.25, 0.3) is 0 Å². The zero-order valence-electron chi connectivity index (χ0n) is 14.7. The highest BCUT2D eigenvalue weighted by atomic mass is 16.1. The van der Waals surface area contributed by atoms with Crippen molar-refractivity contribution in [3.63, 3.8) is 0 Å². The summed E-state index contributed by atoms with van der Waals surface area (Å²) in [6.45, 7) is 4.88. The molecule has 1 N–H and O–H groups in total. The molecule has 0 bridgehead atoms. The van der Waals surface area contributed by atoms with Crippen molar-refractivity contribution in [3.05, 3.63) is 53.6 Å². The van der Waals surface area contributed by atoms with Gasteiger partial charge in [0, 0.05) is 38.2 Å². The number of hydrogen-bond acceptors (Lipinski definition) is 3. The fraction of sp³-hybridized carbons (Fsp3) is 0.500. The number of aryl methyl sites for hydroxylation is 1. The highest BCUT2D eigenvalue weighted by Crippen LogP contribution is 2.28. The SMILES string of the molecule is O=C(NCCN1CCCC1)c1cn2c(n1)CCC(c1ccccc1)C2. The molecule has 0 aliphatic carbocycles. The Hall–Kier alpha value is -2.14. The number of benzene rings is 1. The van der Waals surface area contributed by atoms with Gasteiger partial charge in [0.15, 0.2) is 0 Å². The lowest BCUT2D eigenvalue weighted by atomic mass is 9.92. The molecule has 2 aliphatic heterocycles. The number of nitrogens with zero attached hydrogens (tertiary/aromatic N) is 3. The molecule has 5 nitrogen and oxygen atoms in total. The largest absolute Gasteiger partial charge is 0.349 e. The second-order valence-electron chi connectivity index (χ2n) is 7.15. The molecule has 3 heterocycles. The van der Waals surface area contributed by atoms with Gasteiger partial charge in [-0.15, -0.1) is 0 Å². The number of fused-ring (bicyclic) bond motifs is 1. The molecular formula is C20H26N4O. The van der Waals surface area contributed by atoms with Crippen molar-refractivity contribution in [1.82, 2.24) is 19.8 Å². The smallest absolute Gasteiger partial charge is 0.271 e. The third kappa shape index (κ3) is 3.76. The summed E-state index contributed by atoms with van der Waals surface area (Å²) in [7, 11) is 0. The summed E-state index contributed by atoms with van der Waals surface area (Å²) in [4.78, 5) is 19.4. The number of carbonyl (C=O) groups excluding carboxylic acids is 1. The zero-order chi connectivity index (χ0) is 17.1. The van der Waals surface area contributed by atoms with Crippen LogP contribution >= 0.6 is 0 Å². The third-order valence-electron chi connectivity index (χ3n) is 5.41. The zero-order valence-corrected chi connectivity index (χ0v) is 14.7. The molecule has 1 fully saturated rings. The Morgan fingerprint density at radius 3 is 2.80 bits per heavy atom. The molecule has 132 valence electrons. The van der Waals surface area contributed by atoms with Crippen molar-refractivity contribution >= 4 is 5.91 Å². The second-order valence-corrected chi connectivity index (χ2v) is 7.15. The molecule has 4 rings (SSSR count). The molecule has 1 saturated heterocycles. The summed E-state index contributed by atoms with van der Waals surface area (Å²) in [5.74, 6) is 1.50. The summed E-state index contributed by atoms with van der Waals surface area (Å²) in [6.07, 6.45) is 6.52. The summed E-state index contributed by atoms with van der Waals surface area (Å²) < 4.78 is 2.16. The van der Waals surface area contributed by atoms with Crippen LogP contribution in [0.2, 0.25) is 0 Å². The van der Waals surface area contributed by atoms with Crippen molar-refractivity contribution in [2.75, 3.05) is 26.2 Å². The predicted molar refractivity (Wildman–Crippen MR) is 97.7 cm³/mol. The van der Waals surface area contributed by atoms with E-state index in [1.165, 1.54) is 18.4 Å². The number of likely N-dealkylation sites (tertiary alicyclic amines) is 1. The standard InChI is InChI=1S/C20H26N4O/c25-20(21-10-13-23-11-4-5-12-23)18-15-24-14-17(8-9-19(24)22-18)16-6-2-1-3-7-16/h1-3,6-7,15,17H,4-5,8-14H2,(H,21,25). The van der Waals surface area contributed by atoms with E-state index < -0.39 is 0 Å². The Kier molecular flexibility index (Phi) is 4.83. The van der Waals surface area contributed by atoms with Crippen LogP contribution in [0, 0.1) is 0 Å². The molecule has 1 amide bonds. The van der Waals surface area contributed by atoms with Gasteiger partial charge in [-0.05, 0) is 37.9 Å². The Morgan fingerprint density at radius 1 is 1.20 bits per heavy atom. The Bertz CT molecular complexity index is 719. The van der Waals surface area contributed by atoms with Gasteiger partial charge in [-0.1, -0.05) is 30.3 Å². The van der Waals surface area contributed by atoms with E-state index in [4.69, 9.17) is 0 Å². The molecule has 5 heteroatoms. The molecule has 0 radical (unpaired) electrons. The van der Waals surface area contributed by atoms with Gasteiger partial charge in [0.2, 0.25) is 0 Å². The van der Waals surface area contributed by atoms with Crippen LogP contribution in [-0.4, -0.2) is 46.5 Å². The van der Waals surface area contributed by atoms with Crippen LogP contribution in [0.5, 0.6) is 0 Å². The van der Waals surface area contributed by atoms with E-state index in [0.717, 1.165) is 44.8 Å². The minimum Gasteiger partial charge on any atom is -0.349 e. The fourth-order valence-corrected chi connectivity index (χ4v) is 3.97. The van der Waals surface area contributed by atoms with E-state index >= 15 is 0 Å². The number of nitrogens with one attached hydrogen (secondary N) is 1. The van der Waals surface area contributed by atoms with Crippen molar-refractivity contribution in [3.8, 4) is 0 Å². The van der Waals surface area contributed by atoms with Gasteiger partial charge in [-0.3, -0.25) is 4.79 Å². The number of rotatable bonds is 5. The quantitative estimate of drug-likeness (QED) is 0.911. The van der Waals surface area contributed by atoms with E-state index in [1.807, 2.05) is 6.20 Å². The maximum absolute atomic E-state index is 12.4. The van der Waals surface area contributed by atoms with Crippen LogP contribution in [-0.2, 0) is 13.0 Å². The molecule has 0 spiro atoms. The number of carbonyl (C=O) groups is 1. The number of amides is 1. The van der Waals surface area contributed by atoms with Crippen LogP contribution in [0.4, 0.5) is 0 Å². The first kappa shape index (κ1) is 16.3. The summed E-state index contributed by atoms with van der Waals surface area (Å²) >= 11 is 0. The molecule has 0 saturated carbocycles. The first-order valence-electron chi connectivity index (χ1n) is 9.41. The molecule has 1 unspecified atom stereocenters. The van der Waals surface area contributed by atoms with Gasteiger partial charge in [-0.2, -0.15) is 0 Å². The van der Waals surface area contributed by atoms with Crippen LogP contribution in [0.1, 0.15) is 47.1 Å². The molecule has 1 atom stereocenters. The second kappa shape index (κ2) is 7.40. The van der Waals surface area contributed by atoms with Gasteiger partial charge in [0.05, 0.1) is 0 Å². The molecule has 1 aromatic carbocycles. The minimum atomic E-state index is -0.0441. The van der Waals surface area contributed by atoms with Gasteiger partial charge in [0.1, 0.15) is 11.5 Å². The first-order valence-corrected chi connectivity index (χ1v) is 9.41. The minimum absolute atomic E-state index is 0.0441. The highest BCUT2D eigenvalue weighted by molar-refractivity contribution is 5.92. The van der Waals surface area contributed by atoms with E-state index in [2.05, 4.69) is 50.1 Å². The predicted octanol–water partition coefficient (Wildman–Crippen LogP) is 2.44. The maximum atomic E-state index is 12.4. The number of hydrogen-bond donors (Lipinski definition) is 1. The average Bonchev–Trinajstić information content (AvgIpc) is 3.31. The lowest BCUT2D eigenvalue weighted by Gasteiger charge is -2.23. The topological polar surface area (TPSA) is 50.2 Å². The Labute approximate surface area is 149 Å². The van der Waals surface area contributed by atoms with Crippen LogP contribution in [0.15, 0.2) is 36.5 Å². The fourth-order valence-electron chi connectivity index (χ4n) is 3.97. The summed E-state index contributed by atoms with van der Waals surface area (Å²) in [5.41, 5.74) is 1.93. The van der Waals surface area contributed by atoms with E-state index in [1.54, 1.807) is 0 Å². The molecule has 1 aromatic heterocycles. The molecular weight excluding hydrogens is 312 g/mol. The number of aromatic nitrogens is 2. The van der Waals surface area contributed by atoms with Gasteiger partial charge in [-0.25, -0.2) is 4.98 Å². The van der Waals surface area contributed by atoms with E-state index in [9.17, 15) is 4.79 Å². The van der Waals surface area contributed by atoms with Gasteiger partial charge < -0.3 is 14.8 Å². The molecule has 2 aromatic rings. The first-order chi connectivity index (χ1) is 12.3. The van der Waals surface area contributed by atoms with E-state index in [0.29, 0.717) is 18.2 Å². The average molecular weight is 338 g/mol. The molecule has 2 aliphatic rings. The normalized spacial score (nSPS) is 20.4. The monoisotopic (exact) mass is 338 g/mol. The van der Waals surface area contributed by atoms with E-state index in [-0.39, 0.29) is 5.91 Å². The lowest BCUT2D eigenvalue weighted by Crippen LogP contribution is -2.33. The Balaban J connectivity index is 1.35. The van der Waals surface area contributed by atoms with Gasteiger partial charge >= 0.3 is 0 Å². The van der Waals surface area contributed by atoms with Crippen molar-refractivity contribution in [2.24, 2.45) is 0 Å². The summed E-state index contributed by atoms with van der Waals surface area (Å²) in [6, 6.07) is 10.6. The van der Waals surface area contributed by atoms with Crippen molar-refractivity contribution < 1.29 is 4.79 Å². The van der Waals surface area contributed by atoms with Gasteiger partial charge in [0.25, 0.3) is 5.91 Å².